The van der Waals surface area contributed by atoms with Gasteiger partial charge in [-0.1, -0.05) is 106 Å². The van der Waals surface area contributed by atoms with E-state index < -0.39 is 6.04 Å². The third-order valence-electron chi connectivity index (χ3n) is 6.45. The summed E-state index contributed by atoms with van der Waals surface area (Å²) in [5, 5.41) is 5.95. The third kappa shape index (κ3) is 4.19. The molecular formula is C34H29NS. The fraction of sp³-hybridized carbons (Fsp3) is 0.118. The van der Waals surface area contributed by atoms with Crippen LogP contribution in [0.3, 0.4) is 0 Å². The van der Waals surface area contributed by atoms with E-state index >= 15 is 0 Å². The number of fused-ring (bicyclic) bond motifs is 3. The highest BCUT2D eigenvalue weighted by Crippen LogP contribution is 2.43. The summed E-state index contributed by atoms with van der Waals surface area (Å²) < 4.78 is 43.5. The van der Waals surface area contributed by atoms with Gasteiger partial charge in [0.05, 0.1) is 6.85 Å². The van der Waals surface area contributed by atoms with E-state index in [2.05, 4.69) is 86.8 Å². The molecule has 1 heterocycles. The number of thiophene rings is 1. The molecule has 0 aliphatic carbocycles. The molecule has 6 aromatic rings. The van der Waals surface area contributed by atoms with Crippen LogP contribution < -0.4 is 5.32 Å². The molecular weight excluding hydrogens is 454 g/mol. The van der Waals surface area contributed by atoms with Crippen molar-refractivity contribution in [1.29, 1.82) is 0 Å². The van der Waals surface area contributed by atoms with Gasteiger partial charge in [-0.3, -0.25) is 0 Å². The molecule has 0 aliphatic heterocycles. The van der Waals surface area contributed by atoms with E-state index in [1.807, 2.05) is 18.2 Å². The molecule has 36 heavy (non-hydrogen) atoms. The minimum Gasteiger partial charge on any atom is -0.355 e. The van der Waals surface area contributed by atoms with Crippen LogP contribution in [0.5, 0.6) is 0 Å². The Bertz CT molecular complexity index is 1940. The Balaban J connectivity index is 1.54. The molecule has 1 N–H and O–H groups in total. The van der Waals surface area contributed by atoms with E-state index in [0.29, 0.717) is 5.56 Å². The lowest BCUT2D eigenvalue weighted by molar-refractivity contribution is 0.592. The van der Waals surface area contributed by atoms with E-state index in [0.717, 1.165) is 22.3 Å². The summed E-state index contributed by atoms with van der Waals surface area (Å²) in [6.45, 7) is 6.69. The van der Waals surface area contributed by atoms with Crippen molar-refractivity contribution in [3.8, 4) is 22.3 Å². The Morgan fingerprint density at radius 3 is 2.31 bits per heavy atom. The molecule has 0 spiro atoms. The number of hydrogen-bond donors (Lipinski definition) is 1. The summed E-state index contributed by atoms with van der Waals surface area (Å²) in [5.74, 6) is 0. The molecule has 0 bridgehead atoms. The molecule has 1 nitrogen and oxygen atoms in total. The first-order valence-corrected chi connectivity index (χ1v) is 12.9. The Labute approximate surface area is 224 Å². The molecule has 0 radical (unpaired) electrons. The van der Waals surface area contributed by atoms with Crippen molar-refractivity contribution in [1.82, 2.24) is 0 Å². The average Bonchev–Trinajstić information content (AvgIpc) is 3.34. The molecule has 2 heteroatoms. The van der Waals surface area contributed by atoms with Gasteiger partial charge in [0, 0.05) is 31.5 Å². The zero-order chi connectivity index (χ0) is 29.1. The molecule has 0 aliphatic rings. The summed E-state index contributed by atoms with van der Waals surface area (Å²) >= 11 is 1.77. The molecule has 6 rings (SSSR count). The van der Waals surface area contributed by atoms with Gasteiger partial charge >= 0.3 is 0 Å². The summed E-state index contributed by atoms with van der Waals surface area (Å²) in [6, 6.07) is 27.4. The van der Waals surface area contributed by atoms with Gasteiger partial charge in [-0.15, -0.1) is 11.3 Å². The fourth-order valence-corrected chi connectivity index (χ4v) is 5.97. The van der Waals surface area contributed by atoms with Crippen LogP contribution in [0.4, 0.5) is 11.4 Å². The molecule has 0 fully saturated rings. The molecule has 5 aromatic carbocycles. The Morgan fingerprint density at radius 1 is 0.694 bits per heavy atom. The molecule has 176 valence electrons. The average molecular weight is 489 g/mol. The van der Waals surface area contributed by atoms with Gasteiger partial charge in [-0.25, -0.2) is 0 Å². The lowest BCUT2D eigenvalue weighted by Crippen LogP contribution is -2.12. The topological polar surface area (TPSA) is 12.0 Å². The summed E-state index contributed by atoms with van der Waals surface area (Å²) in [6.07, 6.45) is 0. The van der Waals surface area contributed by atoms with Gasteiger partial charge in [0.1, 0.15) is 0 Å². The van der Waals surface area contributed by atoms with Crippen molar-refractivity contribution in [2.75, 3.05) is 5.32 Å². The maximum atomic E-state index is 8.44. The van der Waals surface area contributed by atoms with Crippen molar-refractivity contribution < 1.29 is 6.85 Å². The van der Waals surface area contributed by atoms with Crippen LogP contribution in [0, 0.1) is 0 Å². The van der Waals surface area contributed by atoms with Crippen LogP contribution in [-0.4, -0.2) is 0 Å². The van der Waals surface area contributed by atoms with Gasteiger partial charge in [0.2, 0.25) is 0 Å². The van der Waals surface area contributed by atoms with Crippen molar-refractivity contribution >= 4 is 42.9 Å². The second-order valence-corrected chi connectivity index (χ2v) is 11.1. The zero-order valence-corrected chi connectivity index (χ0v) is 21.3. The van der Waals surface area contributed by atoms with Crippen LogP contribution in [-0.2, 0) is 5.41 Å². The van der Waals surface area contributed by atoms with Gasteiger partial charge in [0.25, 0.3) is 0 Å². The molecule has 1 aromatic heterocycles. The first kappa shape index (κ1) is 17.5. The molecule has 0 saturated heterocycles. The largest absolute Gasteiger partial charge is 0.355 e. The standard InChI is InChI=1S/C34H29NS/c1-34(2,3)29-18-9-7-16-27(29)25-21-30(33-28-17-8-10-19-31(28)36-32(33)22-25)35-26-15-11-14-24(20-26)23-12-5-4-6-13-23/h4-22,35H,1-3H3/i4D,5D,6D,12D,13D. The first-order valence-electron chi connectivity index (χ1n) is 14.5. The second-order valence-electron chi connectivity index (χ2n) is 10.00. The van der Waals surface area contributed by atoms with E-state index in [1.165, 1.54) is 25.9 Å². The number of hydrogen-bond acceptors (Lipinski definition) is 2. The minimum absolute atomic E-state index is 0.0302. The van der Waals surface area contributed by atoms with Crippen LogP contribution in [0.25, 0.3) is 42.4 Å². The highest BCUT2D eigenvalue weighted by molar-refractivity contribution is 7.26. The Hall–Kier alpha value is -3.88. The zero-order valence-electron chi connectivity index (χ0n) is 25.5. The van der Waals surface area contributed by atoms with Crippen LogP contribution >= 0.6 is 11.3 Å². The highest BCUT2D eigenvalue weighted by atomic mass is 32.1. The van der Waals surface area contributed by atoms with Crippen LogP contribution in [0.2, 0.25) is 0 Å². The SMILES string of the molecule is [2H]c1c([2H])c([2H])c(-c2cccc(Nc3cc(-c4ccccc4C(C)(C)C)cc4sc5ccccc5c34)c2)c([2H])c1[2H]. The van der Waals surface area contributed by atoms with Crippen molar-refractivity contribution in [2.45, 2.75) is 26.2 Å². The second kappa shape index (κ2) is 8.96. The van der Waals surface area contributed by atoms with E-state index in [9.17, 15) is 0 Å². The number of rotatable bonds is 4. The maximum absolute atomic E-state index is 8.44. The third-order valence-corrected chi connectivity index (χ3v) is 7.57. The van der Waals surface area contributed by atoms with E-state index in [1.54, 1.807) is 17.4 Å². The van der Waals surface area contributed by atoms with Gasteiger partial charge in [-0.05, 0) is 63.6 Å². The van der Waals surface area contributed by atoms with Crippen LogP contribution in [0.15, 0.2) is 115 Å². The quantitative estimate of drug-likeness (QED) is 0.260. The lowest BCUT2D eigenvalue weighted by Gasteiger charge is -2.23. The highest BCUT2D eigenvalue weighted by Gasteiger charge is 2.20. The Kier molecular flexibility index (Phi) is 4.37. The molecule has 0 unspecified atom stereocenters. The smallest absolute Gasteiger partial charge is 0.0629 e. The summed E-state index contributed by atoms with van der Waals surface area (Å²) in [5.41, 5.74) is 6.04. The normalized spacial score (nSPS) is 13.7. The monoisotopic (exact) mass is 488 g/mol. The van der Waals surface area contributed by atoms with Crippen molar-refractivity contribution in [2.24, 2.45) is 0 Å². The van der Waals surface area contributed by atoms with E-state index in [4.69, 9.17) is 6.85 Å². The number of benzene rings is 5. The van der Waals surface area contributed by atoms with Gasteiger partial charge in [-0.2, -0.15) is 0 Å². The maximum Gasteiger partial charge on any atom is 0.0629 e. The van der Waals surface area contributed by atoms with Crippen molar-refractivity contribution in [3.63, 3.8) is 0 Å². The minimum atomic E-state index is -0.392. The van der Waals surface area contributed by atoms with Gasteiger partial charge in [0.15, 0.2) is 0 Å². The van der Waals surface area contributed by atoms with Crippen molar-refractivity contribution in [3.05, 3.63) is 121 Å². The summed E-state index contributed by atoms with van der Waals surface area (Å²) in [4.78, 5) is 0. The van der Waals surface area contributed by atoms with E-state index in [-0.39, 0.29) is 35.1 Å². The first-order chi connectivity index (χ1) is 19.5. The Morgan fingerprint density at radius 2 is 1.47 bits per heavy atom. The molecule has 0 saturated carbocycles. The molecule has 0 amide bonds. The number of nitrogens with one attached hydrogen (secondary N) is 1. The summed E-state index contributed by atoms with van der Waals surface area (Å²) in [7, 11) is 0. The number of anilines is 2. The fourth-order valence-electron chi connectivity index (χ4n) is 4.80. The lowest BCUT2D eigenvalue weighted by atomic mass is 9.81. The van der Waals surface area contributed by atoms with Crippen LogP contribution in [0.1, 0.15) is 33.2 Å². The predicted octanol–water partition coefficient (Wildman–Crippen LogP) is 10.4. The predicted molar refractivity (Wildman–Crippen MR) is 159 cm³/mol. The molecule has 0 atom stereocenters. The van der Waals surface area contributed by atoms with Gasteiger partial charge < -0.3 is 5.32 Å².